The van der Waals surface area contributed by atoms with E-state index in [9.17, 15) is 0 Å². The predicted molar refractivity (Wildman–Crippen MR) is 70.3 cm³/mol. The third-order valence-corrected chi connectivity index (χ3v) is 3.70. The van der Waals surface area contributed by atoms with Gasteiger partial charge in [-0.3, -0.25) is 4.68 Å². The van der Waals surface area contributed by atoms with Crippen LogP contribution >= 0.6 is 0 Å². The van der Waals surface area contributed by atoms with Crippen molar-refractivity contribution in [3.8, 4) is 0 Å². The Kier molecular flexibility index (Phi) is 3.84. The zero-order valence-corrected chi connectivity index (χ0v) is 11.2. The molecule has 0 aromatic carbocycles. The maximum absolute atomic E-state index is 5.87. The van der Waals surface area contributed by atoms with E-state index in [1.807, 2.05) is 0 Å². The summed E-state index contributed by atoms with van der Waals surface area (Å²) in [6, 6.07) is 0. The summed E-state index contributed by atoms with van der Waals surface area (Å²) in [4.78, 5) is 2.20. The summed E-state index contributed by atoms with van der Waals surface area (Å²) < 4.78 is 2.20. The third-order valence-electron chi connectivity index (χ3n) is 3.70. The number of aromatic nitrogens is 2. The van der Waals surface area contributed by atoms with Crippen LogP contribution in [0.25, 0.3) is 0 Å². The predicted octanol–water partition coefficient (Wildman–Crippen LogP) is 1.13. The molecule has 0 aliphatic heterocycles. The Labute approximate surface area is 104 Å². The highest BCUT2D eigenvalue weighted by Gasteiger charge is 2.25. The Morgan fingerprint density at radius 2 is 2.24 bits per heavy atom. The highest BCUT2D eigenvalue weighted by Crippen LogP contribution is 2.33. The largest absolute Gasteiger partial charge is 0.330 e. The molecule has 0 saturated heterocycles. The number of aryl methyl sites for hydroxylation is 1. The lowest BCUT2D eigenvalue weighted by Gasteiger charge is -2.22. The van der Waals surface area contributed by atoms with Gasteiger partial charge in [0.25, 0.3) is 0 Å². The molecule has 0 bridgehead atoms. The Balaban J connectivity index is 2.24. The molecule has 0 spiro atoms. The fraction of sp³-hybridized carbons (Fsp3) is 0.769. The smallest absolute Gasteiger partial charge is 0.0631 e. The molecular weight excluding hydrogens is 212 g/mol. The standard InChI is InChI=1S/C13H24N4/c1-10-13-11(9-14)5-4-6-12(13)17(15-10)8-7-16(2)3/h11H,4-9,14H2,1-3H3. The molecule has 0 amide bonds. The summed E-state index contributed by atoms with van der Waals surface area (Å²) in [6.07, 6.45) is 3.64. The zero-order valence-electron chi connectivity index (χ0n) is 11.2. The first-order valence-corrected chi connectivity index (χ1v) is 6.54. The van der Waals surface area contributed by atoms with E-state index in [4.69, 9.17) is 10.8 Å². The van der Waals surface area contributed by atoms with Crippen molar-refractivity contribution in [3.05, 3.63) is 17.0 Å². The maximum atomic E-state index is 5.87. The molecule has 4 heteroatoms. The van der Waals surface area contributed by atoms with Crippen molar-refractivity contribution in [2.75, 3.05) is 27.2 Å². The van der Waals surface area contributed by atoms with Gasteiger partial charge in [-0.1, -0.05) is 0 Å². The van der Waals surface area contributed by atoms with Crippen molar-refractivity contribution in [2.24, 2.45) is 5.73 Å². The molecule has 2 N–H and O–H groups in total. The second kappa shape index (κ2) is 5.19. The van der Waals surface area contributed by atoms with Crippen LogP contribution in [0.5, 0.6) is 0 Å². The Morgan fingerprint density at radius 3 is 2.88 bits per heavy atom. The Hall–Kier alpha value is -0.870. The van der Waals surface area contributed by atoms with Crippen LogP contribution in [0.1, 0.15) is 35.7 Å². The van der Waals surface area contributed by atoms with E-state index in [2.05, 4.69) is 30.6 Å². The summed E-state index contributed by atoms with van der Waals surface area (Å²) in [7, 11) is 4.21. The summed E-state index contributed by atoms with van der Waals surface area (Å²) in [5.41, 5.74) is 9.94. The first kappa shape index (κ1) is 12.6. The molecule has 1 aromatic rings. The molecule has 2 rings (SSSR count). The van der Waals surface area contributed by atoms with Crippen molar-refractivity contribution >= 4 is 0 Å². The zero-order chi connectivity index (χ0) is 12.4. The third kappa shape index (κ3) is 2.53. The van der Waals surface area contributed by atoms with E-state index in [0.717, 1.165) is 19.6 Å². The van der Waals surface area contributed by atoms with Crippen LogP contribution < -0.4 is 5.73 Å². The fourth-order valence-corrected chi connectivity index (χ4v) is 2.81. The number of hydrogen-bond acceptors (Lipinski definition) is 3. The first-order valence-electron chi connectivity index (χ1n) is 6.54. The summed E-state index contributed by atoms with van der Waals surface area (Å²) in [5.74, 6) is 0.534. The topological polar surface area (TPSA) is 47.1 Å². The Morgan fingerprint density at radius 1 is 1.47 bits per heavy atom. The van der Waals surface area contributed by atoms with Crippen molar-refractivity contribution in [1.29, 1.82) is 0 Å². The second-order valence-corrected chi connectivity index (χ2v) is 5.30. The van der Waals surface area contributed by atoms with Crippen molar-refractivity contribution in [1.82, 2.24) is 14.7 Å². The molecule has 1 aliphatic rings. The lowest BCUT2D eigenvalue weighted by atomic mass is 9.85. The van der Waals surface area contributed by atoms with Crippen molar-refractivity contribution < 1.29 is 0 Å². The highest BCUT2D eigenvalue weighted by molar-refractivity contribution is 5.32. The maximum Gasteiger partial charge on any atom is 0.0631 e. The van der Waals surface area contributed by atoms with E-state index in [1.165, 1.54) is 36.2 Å². The minimum Gasteiger partial charge on any atom is -0.330 e. The van der Waals surface area contributed by atoms with Gasteiger partial charge in [-0.15, -0.1) is 0 Å². The molecule has 4 nitrogen and oxygen atoms in total. The lowest BCUT2D eigenvalue weighted by molar-refractivity contribution is 0.366. The molecule has 1 aliphatic carbocycles. The second-order valence-electron chi connectivity index (χ2n) is 5.30. The van der Waals surface area contributed by atoms with Crippen LogP contribution in [-0.2, 0) is 13.0 Å². The van der Waals surface area contributed by atoms with Gasteiger partial charge in [0.1, 0.15) is 0 Å². The van der Waals surface area contributed by atoms with Gasteiger partial charge in [0.05, 0.1) is 12.2 Å². The van der Waals surface area contributed by atoms with Crippen LogP contribution in [0.2, 0.25) is 0 Å². The summed E-state index contributed by atoms with van der Waals surface area (Å²) in [5, 5.41) is 4.70. The molecule has 1 atom stereocenters. The SMILES string of the molecule is Cc1nn(CCN(C)C)c2c1C(CN)CCC2. The normalized spacial score (nSPS) is 19.7. The van der Waals surface area contributed by atoms with Crippen molar-refractivity contribution in [2.45, 2.75) is 38.6 Å². The van der Waals surface area contributed by atoms with Crippen LogP contribution in [0.3, 0.4) is 0 Å². The quantitative estimate of drug-likeness (QED) is 0.852. The molecule has 96 valence electrons. The van der Waals surface area contributed by atoms with Gasteiger partial charge < -0.3 is 10.6 Å². The van der Waals surface area contributed by atoms with Crippen LogP contribution in [0.15, 0.2) is 0 Å². The molecule has 1 heterocycles. The molecule has 0 saturated carbocycles. The number of nitrogens with two attached hydrogens (primary N) is 1. The van der Waals surface area contributed by atoms with Gasteiger partial charge >= 0.3 is 0 Å². The minimum absolute atomic E-state index is 0.534. The van der Waals surface area contributed by atoms with Crippen LogP contribution in [0.4, 0.5) is 0 Å². The van der Waals surface area contributed by atoms with E-state index >= 15 is 0 Å². The minimum atomic E-state index is 0.534. The molecule has 1 aromatic heterocycles. The van der Waals surface area contributed by atoms with E-state index in [0.29, 0.717) is 5.92 Å². The van der Waals surface area contributed by atoms with Gasteiger partial charge in [-0.2, -0.15) is 5.10 Å². The van der Waals surface area contributed by atoms with Gasteiger partial charge in [-0.25, -0.2) is 0 Å². The van der Waals surface area contributed by atoms with E-state index in [1.54, 1.807) is 0 Å². The molecule has 0 fully saturated rings. The number of rotatable bonds is 4. The van der Waals surface area contributed by atoms with Gasteiger partial charge in [0.2, 0.25) is 0 Å². The molecule has 0 radical (unpaired) electrons. The molecule has 17 heavy (non-hydrogen) atoms. The molecular formula is C13H24N4. The monoisotopic (exact) mass is 236 g/mol. The van der Waals surface area contributed by atoms with Crippen molar-refractivity contribution in [3.63, 3.8) is 0 Å². The first-order chi connectivity index (χ1) is 8.13. The van der Waals surface area contributed by atoms with E-state index < -0.39 is 0 Å². The summed E-state index contributed by atoms with van der Waals surface area (Å²) in [6.45, 7) is 4.91. The van der Waals surface area contributed by atoms with Gasteiger partial charge in [0, 0.05) is 17.8 Å². The van der Waals surface area contributed by atoms with Crippen LogP contribution in [0, 0.1) is 6.92 Å². The number of nitrogens with zero attached hydrogens (tertiary/aromatic N) is 3. The van der Waals surface area contributed by atoms with E-state index in [-0.39, 0.29) is 0 Å². The number of fused-ring (bicyclic) bond motifs is 1. The molecule has 1 unspecified atom stereocenters. The van der Waals surface area contributed by atoms with Crippen LogP contribution in [-0.4, -0.2) is 41.9 Å². The van der Waals surface area contributed by atoms with Gasteiger partial charge in [-0.05, 0) is 52.7 Å². The van der Waals surface area contributed by atoms with Gasteiger partial charge in [0.15, 0.2) is 0 Å². The lowest BCUT2D eigenvalue weighted by Crippen LogP contribution is -2.22. The fourth-order valence-electron chi connectivity index (χ4n) is 2.81. The summed E-state index contributed by atoms with van der Waals surface area (Å²) >= 11 is 0. The number of hydrogen-bond donors (Lipinski definition) is 1. The average molecular weight is 236 g/mol. The highest BCUT2D eigenvalue weighted by atomic mass is 15.3. The number of likely N-dealkylation sites (N-methyl/N-ethyl adjacent to an activating group) is 1. The average Bonchev–Trinajstić information content (AvgIpc) is 2.64. The Bertz CT molecular complexity index is 381.